The van der Waals surface area contributed by atoms with Crippen LogP contribution in [0.5, 0.6) is 11.5 Å². The van der Waals surface area contributed by atoms with Crippen LogP contribution in [-0.2, 0) is 0 Å². The van der Waals surface area contributed by atoms with Crippen molar-refractivity contribution in [1.82, 2.24) is 9.97 Å². The van der Waals surface area contributed by atoms with E-state index in [1.54, 1.807) is 33.3 Å². The average molecular weight is 269 g/mol. The maximum Gasteiger partial charge on any atom is 0.162 e. The van der Waals surface area contributed by atoms with E-state index in [1.165, 1.54) is 0 Å². The molecule has 0 N–H and O–H groups in total. The van der Waals surface area contributed by atoms with Crippen LogP contribution in [0.4, 0.5) is 0 Å². The van der Waals surface area contributed by atoms with Gasteiger partial charge in [0.05, 0.1) is 19.7 Å². The summed E-state index contributed by atoms with van der Waals surface area (Å²) in [5, 5.41) is 1.17. The van der Waals surface area contributed by atoms with E-state index in [0.29, 0.717) is 22.5 Å². The molecule has 1 aromatic carbocycles. The SMILES string of the molecule is CC.COc1cc2nc(C)nc(Cl)c2cc1OC. The van der Waals surface area contributed by atoms with Gasteiger partial charge in [0.2, 0.25) is 0 Å². The topological polar surface area (TPSA) is 44.2 Å². The second kappa shape index (κ2) is 6.40. The molecule has 0 saturated carbocycles. The second-order valence-corrected chi connectivity index (χ2v) is 3.64. The largest absolute Gasteiger partial charge is 0.493 e. The molecular formula is C13H17ClN2O2. The first-order valence-corrected chi connectivity index (χ1v) is 6.09. The summed E-state index contributed by atoms with van der Waals surface area (Å²) >= 11 is 6.04. The molecule has 5 heteroatoms. The number of hydrogen-bond donors (Lipinski definition) is 0. The van der Waals surface area contributed by atoms with E-state index in [1.807, 2.05) is 13.8 Å². The lowest BCUT2D eigenvalue weighted by Gasteiger charge is -2.09. The van der Waals surface area contributed by atoms with Gasteiger partial charge in [0, 0.05) is 11.5 Å². The Morgan fingerprint density at radius 1 is 1.00 bits per heavy atom. The lowest BCUT2D eigenvalue weighted by molar-refractivity contribution is 0.356. The first-order chi connectivity index (χ1) is 8.65. The van der Waals surface area contributed by atoms with Crippen molar-refractivity contribution in [2.24, 2.45) is 0 Å². The number of ether oxygens (including phenoxy) is 2. The van der Waals surface area contributed by atoms with Crippen LogP contribution in [0.2, 0.25) is 5.15 Å². The van der Waals surface area contributed by atoms with Crippen molar-refractivity contribution in [2.45, 2.75) is 20.8 Å². The molecule has 0 amide bonds. The molecule has 0 unspecified atom stereocenters. The van der Waals surface area contributed by atoms with Gasteiger partial charge in [0.1, 0.15) is 11.0 Å². The number of aryl methyl sites for hydroxylation is 1. The Labute approximate surface area is 112 Å². The Kier molecular flexibility index (Phi) is 5.16. The summed E-state index contributed by atoms with van der Waals surface area (Å²) < 4.78 is 10.4. The molecule has 98 valence electrons. The summed E-state index contributed by atoms with van der Waals surface area (Å²) in [5.74, 6) is 1.87. The van der Waals surface area contributed by atoms with Gasteiger partial charge in [-0.15, -0.1) is 0 Å². The number of benzene rings is 1. The van der Waals surface area contributed by atoms with Crippen LogP contribution < -0.4 is 9.47 Å². The highest BCUT2D eigenvalue weighted by atomic mass is 35.5. The van der Waals surface area contributed by atoms with Gasteiger partial charge in [0.15, 0.2) is 11.5 Å². The Balaban J connectivity index is 0.000000771. The van der Waals surface area contributed by atoms with Crippen LogP contribution in [0.25, 0.3) is 10.9 Å². The molecular weight excluding hydrogens is 252 g/mol. The highest BCUT2D eigenvalue weighted by molar-refractivity contribution is 6.34. The van der Waals surface area contributed by atoms with Gasteiger partial charge < -0.3 is 9.47 Å². The monoisotopic (exact) mass is 268 g/mol. The molecule has 0 radical (unpaired) electrons. The van der Waals surface area contributed by atoms with Crippen LogP contribution in [0.1, 0.15) is 19.7 Å². The van der Waals surface area contributed by atoms with Crippen molar-refractivity contribution >= 4 is 22.5 Å². The Morgan fingerprint density at radius 3 is 2.11 bits per heavy atom. The minimum atomic E-state index is 0.420. The fourth-order valence-corrected chi connectivity index (χ4v) is 1.80. The van der Waals surface area contributed by atoms with Gasteiger partial charge in [-0.1, -0.05) is 25.4 Å². The fourth-order valence-electron chi connectivity index (χ4n) is 1.53. The van der Waals surface area contributed by atoms with E-state index in [2.05, 4.69) is 9.97 Å². The number of nitrogens with zero attached hydrogens (tertiary/aromatic N) is 2. The zero-order chi connectivity index (χ0) is 13.7. The number of fused-ring (bicyclic) bond motifs is 1. The molecule has 2 aromatic rings. The van der Waals surface area contributed by atoms with E-state index >= 15 is 0 Å². The van der Waals surface area contributed by atoms with E-state index in [4.69, 9.17) is 21.1 Å². The van der Waals surface area contributed by atoms with Gasteiger partial charge >= 0.3 is 0 Å². The Hall–Kier alpha value is -1.55. The molecule has 0 saturated heterocycles. The number of methoxy groups -OCH3 is 2. The van der Waals surface area contributed by atoms with Gasteiger partial charge in [-0.05, 0) is 13.0 Å². The molecule has 0 atom stereocenters. The van der Waals surface area contributed by atoms with Gasteiger partial charge in [-0.2, -0.15) is 0 Å². The standard InChI is InChI=1S/C11H11ClN2O2.C2H6/c1-6-13-8-5-10(16-3)9(15-2)4-7(8)11(12)14-6;1-2/h4-5H,1-3H3;1-2H3. The highest BCUT2D eigenvalue weighted by Gasteiger charge is 2.10. The predicted molar refractivity (Wildman–Crippen MR) is 73.7 cm³/mol. The summed E-state index contributed by atoms with van der Waals surface area (Å²) in [6.07, 6.45) is 0. The van der Waals surface area contributed by atoms with Gasteiger partial charge in [-0.25, -0.2) is 9.97 Å². The zero-order valence-electron chi connectivity index (χ0n) is 11.2. The van der Waals surface area contributed by atoms with Crippen LogP contribution in [0.3, 0.4) is 0 Å². The van der Waals surface area contributed by atoms with E-state index in [0.717, 1.165) is 10.9 Å². The number of rotatable bonds is 2. The highest BCUT2D eigenvalue weighted by Crippen LogP contribution is 2.33. The molecule has 4 nitrogen and oxygen atoms in total. The Morgan fingerprint density at radius 2 is 1.56 bits per heavy atom. The van der Waals surface area contributed by atoms with E-state index < -0.39 is 0 Å². The summed E-state index contributed by atoms with van der Waals surface area (Å²) in [6.45, 7) is 5.79. The smallest absolute Gasteiger partial charge is 0.162 e. The Bertz CT molecular complexity index is 544. The third kappa shape index (κ3) is 2.82. The minimum Gasteiger partial charge on any atom is -0.493 e. The molecule has 2 rings (SSSR count). The number of aromatic nitrogens is 2. The molecule has 0 aliphatic rings. The first kappa shape index (κ1) is 14.5. The third-order valence-corrected chi connectivity index (χ3v) is 2.55. The minimum absolute atomic E-state index is 0.420. The first-order valence-electron chi connectivity index (χ1n) is 5.71. The van der Waals surface area contributed by atoms with Crippen LogP contribution in [0, 0.1) is 6.92 Å². The molecule has 0 aliphatic carbocycles. The van der Waals surface area contributed by atoms with Crippen molar-refractivity contribution in [2.75, 3.05) is 14.2 Å². The average Bonchev–Trinajstić information content (AvgIpc) is 2.39. The van der Waals surface area contributed by atoms with Crippen molar-refractivity contribution < 1.29 is 9.47 Å². The molecule has 1 aromatic heterocycles. The van der Waals surface area contributed by atoms with E-state index in [9.17, 15) is 0 Å². The third-order valence-electron chi connectivity index (χ3n) is 2.27. The molecule has 0 fully saturated rings. The summed E-state index contributed by atoms with van der Waals surface area (Å²) in [7, 11) is 3.16. The van der Waals surface area contributed by atoms with E-state index in [-0.39, 0.29) is 0 Å². The van der Waals surface area contributed by atoms with Crippen molar-refractivity contribution in [1.29, 1.82) is 0 Å². The van der Waals surface area contributed by atoms with Gasteiger partial charge in [0.25, 0.3) is 0 Å². The molecule has 0 bridgehead atoms. The number of hydrogen-bond acceptors (Lipinski definition) is 4. The molecule has 18 heavy (non-hydrogen) atoms. The van der Waals surface area contributed by atoms with Crippen LogP contribution >= 0.6 is 11.6 Å². The van der Waals surface area contributed by atoms with Crippen LogP contribution in [0.15, 0.2) is 12.1 Å². The second-order valence-electron chi connectivity index (χ2n) is 3.29. The van der Waals surface area contributed by atoms with Crippen molar-refractivity contribution in [3.63, 3.8) is 0 Å². The normalized spacial score (nSPS) is 9.67. The maximum absolute atomic E-state index is 6.04. The lowest BCUT2D eigenvalue weighted by Crippen LogP contribution is -1.94. The molecule has 1 heterocycles. The maximum atomic E-state index is 6.04. The summed E-state index contributed by atoms with van der Waals surface area (Å²) in [6, 6.07) is 3.56. The molecule has 0 spiro atoms. The zero-order valence-corrected chi connectivity index (χ0v) is 12.0. The molecule has 0 aliphatic heterocycles. The lowest BCUT2D eigenvalue weighted by atomic mass is 10.2. The van der Waals surface area contributed by atoms with Gasteiger partial charge in [-0.3, -0.25) is 0 Å². The number of halogens is 1. The quantitative estimate of drug-likeness (QED) is 0.780. The van der Waals surface area contributed by atoms with Crippen molar-refractivity contribution in [3.8, 4) is 11.5 Å². The van der Waals surface area contributed by atoms with Crippen LogP contribution in [-0.4, -0.2) is 24.2 Å². The fraction of sp³-hybridized carbons (Fsp3) is 0.385. The predicted octanol–water partition coefficient (Wildman–Crippen LogP) is 3.64. The van der Waals surface area contributed by atoms with Crippen molar-refractivity contribution in [3.05, 3.63) is 23.1 Å². The summed E-state index contributed by atoms with van der Waals surface area (Å²) in [5.41, 5.74) is 0.746. The summed E-state index contributed by atoms with van der Waals surface area (Å²) in [4.78, 5) is 8.38.